The van der Waals surface area contributed by atoms with Gasteiger partial charge >= 0.3 is 6.03 Å². The van der Waals surface area contributed by atoms with Crippen molar-refractivity contribution in [2.75, 3.05) is 20.8 Å². The second-order valence-corrected chi connectivity index (χ2v) is 6.00. The fourth-order valence-corrected chi connectivity index (χ4v) is 3.18. The third-order valence-corrected chi connectivity index (χ3v) is 4.60. The summed E-state index contributed by atoms with van der Waals surface area (Å²) in [5, 5.41) is 11.7. The van der Waals surface area contributed by atoms with Gasteiger partial charge in [0, 0.05) is 6.54 Å². The van der Waals surface area contributed by atoms with Gasteiger partial charge in [0.25, 0.3) is 5.91 Å². The van der Waals surface area contributed by atoms with E-state index in [1.54, 1.807) is 62.8 Å². The van der Waals surface area contributed by atoms with Crippen molar-refractivity contribution in [2.45, 2.75) is 12.0 Å². The first kappa shape index (κ1) is 18.3. The fraction of sp³-hybridized carbons (Fsp3) is 0.250. The van der Waals surface area contributed by atoms with Gasteiger partial charge in [0.2, 0.25) is 0 Å². The van der Waals surface area contributed by atoms with E-state index in [9.17, 15) is 9.59 Å². The number of imide groups is 1. The molecule has 0 atom stereocenters. The van der Waals surface area contributed by atoms with Crippen LogP contribution in [0.1, 0.15) is 17.5 Å². The molecule has 0 aliphatic carbocycles. The number of carbonyl (C=O) groups excluding carboxylic acids is 2. The molecular weight excluding hydrogens is 346 g/mol. The molecule has 2 aromatic carbocycles. The largest absolute Gasteiger partial charge is 0.497 e. The molecular formula is C20H19N3O4. The molecule has 0 bridgehead atoms. The van der Waals surface area contributed by atoms with E-state index in [2.05, 4.69) is 5.32 Å². The van der Waals surface area contributed by atoms with Crippen LogP contribution in [0.15, 0.2) is 48.5 Å². The maximum atomic E-state index is 13.3. The van der Waals surface area contributed by atoms with Crippen molar-refractivity contribution < 1.29 is 19.1 Å². The predicted molar refractivity (Wildman–Crippen MR) is 97.2 cm³/mol. The van der Waals surface area contributed by atoms with E-state index in [4.69, 9.17) is 14.7 Å². The zero-order valence-corrected chi connectivity index (χ0v) is 15.1. The topological polar surface area (TPSA) is 91.7 Å². The quantitative estimate of drug-likeness (QED) is 0.794. The van der Waals surface area contributed by atoms with Gasteiger partial charge in [-0.3, -0.25) is 9.69 Å². The van der Waals surface area contributed by atoms with Crippen LogP contribution in [0.4, 0.5) is 4.79 Å². The molecule has 2 aromatic rings. The summed E-state index contributed by atoms with van der Waals surface area (Å²) in [5.74, 6) is 0.863. The molecule has 1 heterocycles. The van der Waals surface area contributed by atoms with Crippen LogP contribution < -0.4 is 14.8 Å². The summed E-state index contributed by atoms with van der Waals surface area (Å²) in [5.41, 5.74) is -0.164. The van der Waals surface area contributed by atoms with Gasteiger partial charge in [0.1, 0.15) is 11.5 Å². The number of methoxy groups -OCH3 is 2. The van der Waals surface area contributed by atoms with E-state index in [1.807, 2.05) is 6.07 Å². The Hall–Kier alpha value is -3.53. The van der Waals surface area contributed by atoms with E-state index >= 15 is 0 Å². The average Bonchev–Trinajstić information content (AvgIpc) is 2.97. The van der Waals surface area contributed by atoms with Crippen LogP contribution in [0.2, 0.25) is 0 Å². The Labute approximate surface area is 157 Å². The molecule has 1 fully saturated rings. The van der Waals surface area contributed by atoms with Crippen LogP contribution >= 0.6 is 0 Å². The minimum atomic E-state index is -1.37. The summed E-state index contributed by atoms with van der Waals surface area (Å²) >= 11 is 0. The van der Waals surface area contributed by atoms with Crippen molar-refractivity contribution in [3.63, 3.8) is 0 Å². The minimum Gasteiger partial charge on any atom is -0.497 e. The maximum absolute atomic E-state index is 13.3. The molecule has 1 aliphatic rings. The van der Waals surface area contributed by atoms with Crippen molar-refractivity contribution in [2.24, 2.45) is 0 Å². The zero-order valence-electron chi connectivity index (χ0n) is 15.1. The van der Waals surface area contributed by atoms with E-state index in [0.29, 0.717) is 22.6 Å². The van der Waals surface area contributed by atoms with Crippen LogP contribution in [0.25, 0.3) is 0 Å². The number of rotatable bonds is 6. The lowest BCUT2D eigenvalue weighted by atomic mass is 9.82. The van der Waals surface area contributed by atoms with Gasteiger partial charge in [0.05, 0.1) is 26.7 Å². The minimum absolute atomic E-state index is 0.0369. The first-order valence-corrected chi connectivity index (χ1v) is 8.37. The maximum Gasteiger partial charge on any atom is 0.325 e. The number of benzene rings is 2. The number of ether oxygens (including phenoxy) is 2. The lowest BCUT2D eigenvalue weighted by molar-refractivity contribution is -0.130. The highest BCUT2D eigenvalue weighted by molar-refractivity contribution is 6.09. The molecule has 1 aliphatic heterocycles. The van der Waals surface area contributed by atoms with E-state index in [1.165, 1.54) is 0 Å². The third-order valence-electron chi connectivity index (χ3n) is 4.60. The van der Waals surface area contributed by atoms with Crippen molar-refractivity contribution in [3.05, 3.63) is 59.7 Å². The van der Waals surface area contributed by atoms with Crippen LogP contribution in [0, 0.1) is 11.3 Å². The van der Waals surface area contributed by atoms with Crippen LogP contribution in [0.5, 0.6) is 11.5 Å². The molecule has 0 unspecified atom stereocenters. The Morgan fingerprint density at radius 1 is 0.963 bits per heavy atom. The van der Waals surface area contributed by atoms with Crippen molar-refractivity contribution in [1.29, 1.82) is 5.26 Å². The average molecular weight is 365 g/mol. The van der Waals surface area contributed by atoms with Crippen LogP contribution in [-0.4, -0.2) is 37.6 Å². The molecule has 7 nitrogen and oxygen atoms in total. The lowest BCUT2D eigenvalue weighted by Crippen LogP contribution is -2.45. The van der Waals surface area contributed by atoms with E-state index < -0.39 is 17.5 Å². The number of nitriles is 1. The molecule has 0 spiro atoms. The Morgan fingerprint density at radius 2 is 1.44 bits per heavy atom. The van der Waals surface area contributed by atoms with Crippen molar-refractivity contribution >= 4 is 11.9 Å². The second-order valence-electron chi connectivity index (χ2n) is 6.00. The van der Waals surface area contributed by atoms with Gasteiger partial charge < -0.3 is 14.8 Å². The lowest BCUT2D eigenvalue weighted by Gasteiger charge is -2.28. The van der Waals surface area contributed by atoms with Crippen molar-refractivity contribution in [3.8, 4) is 17.6 Å². The molecule has 7 heteroatoms. The second kappa shape index (κ2) is 7.38. The van der Waals surface area contributed by atoms with Crippen LogP contribution in [0.3, 0.4) is 0 Å². The first-order valence-electron chi connectivity index (χ1n) is 8.37. The molecule has 138 valence electrons. The number of carbonyl (C=O) groups is 2. The van der Waals surface area contributed by atoms with Crippen molar-refractivity contribution in [1.82, 2.24) is 10.2 Å². The Balaban J connectivity index is 2.13. The summed E-state index contributed by atoms with van der Waals surface area (Å²) in [4.78, 5) is 26.9. The van der Waals surface area contributed by atoms with Gasteiger partial charge in [-0.1, -0.05) is 24.3 Å². The predicted octanol–water partition coefficient (Wildman–Crippen LogP) is 2.41. The number of hydrogen-bond donors (Lipinski definition) is 1. The Kier molecular flexibility index (Phi) is 4.99. The van der Waals surface area contributed by atoms with Gasteiger partial charge in [-0.05, 0) is 35.4 Å². The number of amides is 3. The monoisotopic (exact) mass is 365 g/mol. The number of nitrogens with one attached hydrogen (secondary N) is 1. The van der Waals surface area contributed by atoms with Gasteiger partial charge in [0.15, 0.2) is 5.54 Å². The summed E-state index contributed by atoms with van der Waals surface area (Å²) in [6, 6.07) is 15.4. The first-order chi connectivity index (χ1) is 13.1. The number of urea groups is 1. The summed E-state index contributed by atoms with van der Waals surface area (Å²) < 4.78 is 10.4. The molecule has 3 amide bonds. The highest BCUT2D eigenvalue weighted by atomic mass is 16.5. The van der Waals surface area contributed by atoms with Gasteiger partial charge in [-0.2, -0.15) is 5.26 Å². The summed E-state index contributed by atoms with van der Waals surface area (Å²) in [6.45, 7) is 0.0369. The smallest absolute Gasteiger partial charge is 0.325 e. The fourth-order valence-electron chi connectivity index (χ4n) is 3.18. The number of nitrogens with zero attached hydrogens (tertiary/aromatic N) is 2. The molecule has 0 radical (unpaired) electrons. The standard InChI is InChI=1S/C20H19N3O4/c1-26-16-8-4-14(5-9-16)20(15-6-10-17(27-2)11-7-15)18(24)23(13-3-12-21)19(25)22-20/h4-11H,3,13H2,1-2H3,(H,22,25). The molecule has 1 saturated heterocycles. The summed E-state index contributed by atoms with van der Waals surface area (Å²) in [7, 11) is 3.11. The molecule has 0 saturated carbocycles. The normalized spacial score (nSPS) is 15.2. The van der Waals surface area contributed by atoms with E-state index in [0.717, 1.165) is 4.90 Å². The number of hydrogen-bond acceptors (Lipinski definition) is 5. The highest BCUT2D eigenvalue weighted by Crippen LogP contribution is 2.37. The van der Waals surface area contributed by atoms with E-state index in [-0.39, 0.29) is 13.0 Å². The highest BCUT2D eigenvalue weighted by Gasteiger charge is 2.53. The molecule has 1 N–H and O–H groups in total. The zero-order chi connectivity index (χ0) is 19.4. The third kappa shape index (κ3) is 3.06. The molecule has 3 rings (SSSR count). The SMILES string of the molecule is COc1ccc(C2(c3ccc(OC)cc3)NC(=O)N(CCC#N)C2=O)cc1. The van der Waals surface area contributed by atoms with Gasteiger partial charge in [-0.15, -0.1) is 0 Å². The van der Waals surface area contributed by atoms with Crippen LogP contribution in [-0.2, 0) is 10.3 Å². The molecule has 27 heavy (non-hydrogen) atoms. The molecule has 0 aromatic heterocycles. The van der Waals surface area contributed by atoms with Gasteiger partial charge in [-0.25, -0.2) is 4.79 Å². The summed E-state index contributed by atoms with van der Waals surface area (Å²) in [6.07, 6.45) is 0.0699. The Morgan fingerprint density at radius 3 is 1.85 bits per heavy atom. The Bertz CT molecular complexity index is 837.